The first-order valence-electron chi connectivity index (χ1n) is 7.33. The van der Waals surface area contributed by atoms with Crippen LogP contribution in [0.2, 0.25) is 10.0 Å². The summed E-state index contributed by atoms with van der Waals surface area (Å²) >= 11 is 16.1. The number of carbonyl (C=O) groups is 1. The summed E-state index contributed by atoms with van der Waals surface area (Å²) in [6.07, 6.45) is 1.60. The van der Waals surface area contributed by atoms with Crippen molar-refractivity contribution in [2.45, 2.75) is 6.42 Å². The number of aliphatic carboxylic acids is 1. The molecule has 1 N–H and O–H groups in total. The van der Waals surface area contributed by atoms with E-state index < -0.39 is 12.6 Å². The second-order valence-corrected chi connectivity index (χ2v) is 6.87. The molecule has 0 aliphatic heterocycles. The third-order valence-electron chi connectivity index (χ3n) is 3.56. The third-order valence-corrected chi connectivity index (χ3v) is 5.01. The second-order valence-electron chi connectivity index (χ2n) is 5.20. The Morgan fingerprint density at radius 3 is 2.54 bits per heavy atom. The molecule has 0 radical (unpaired) electrons. The monoisotopic (exact) mass is 456 g/mol. The van der Waals surface area contributed by atoms with Crippen molar-refractivity contribution in [3.63, 3.8) is 0 Å². The molecule has 0 saturated carbocycles. The fourth-order valence-corrected chi connectivity index (χ4v) is 3.43. The van der Waals surface area contributed by atoms with Gasteiger partial charge in [-0.15, -0.1) is 0 Å². The standard InChI is InChI=1S/C17H11BrCl2N2O4/c18-11-4-5-14(25-7-15(23)24)16(17-21-8-22-26-17)9(11)6-10-12(19)2-1-3-13(10)20/h1-5,8H,6-7H2,(H,23,24). The van der Waals surface area contributed by atoms with Gasteiger partial charge in [0.15, 0.2) is 12.9 Å². The minimum Gasteiger partial charge on any atom is -0.481 e. The van der Waals surface area contributed by atoms with Gasteiger partial charge in [0.25, 0.3) is 5.89 Å². The Morgan fingerprint density at radius 2 is 1.92 bits per heavy atom. The summed E-state index contributed by atoms with van der Waals surface area (Å²) in [5.41, 5.74) is 1.92. The van der Waals surface area contributed by atoms with Gasteiger partial charge in [0.1, 0.15) is 5.75 Å². The zero-order valence-electron chi connectivity index (χ0n) is 13.1. The van der Waals surface area contributed by atoms with Crippen molar-refractivity contribution < 1.29 is 19.2 Å². The maximum atomic E-state index is 10.9. The van der Waals surface area contributed by atoms with Crippen molar-refractivity contribution in [3.05, 3.63) is 62.3 Å². The number of hydrogen-bond acceptors (Lipinski definition) is 5. The van der Waals surface area contributed by atoms with Crippen molar-refractivity contribution in [2.75, 3.05) is 6.61 Å². The molecule has 134 valence electrons. The Balaban J connectivity index is 2.14. The van der Waals surface area contributed by atoms with Gasteiger partial charge in [-0.3, -0.25) is 0 Å². The fraction of sp³-hybridized carbons (Fsp3) is 0.118. The molecule has 0 atom stereocenters. The van der Waals surface area contributed by atoms with Crippen LogP contribution in [0.4, 0.5) is 0 Å². The van der Waals surface area contributed by atoms with E-state index >= 15 is 0 Å². The van der Waals surface area contributed by atoms with Crippen LogP contribution in [0.25, 0.3) is 11.5 Å². The predicted molar refractivity (Wildman–Crippen MR) is 99.8 cm³/mol. The van der Waals surface area contributed by atoms with Gasteiger partial charge in [0.2, 0.25) is 0 Å². The van der Waals surface area contributed by atoms with Crippen LogP contribution in [0, 0.1) is 0 Å². The Labute approximate surface area is 166 Å². The smallest absolute Gasteiger partial charge is 0.341 e. The molecule has 0 unspecified atom stereocenters. The van der Waals surface area contributed by atoms with Gasteiger partial charge in [0.05, 0.1) is 5.56 Å². The van der Waals surface area contributed by atoms with Crippen molar-refractivity contribution in [1.29, 1.82) is 0 Å². The number of carboxylic acids is 1. The van der Waals surface area contributed by atoms with Crippen molar-refractivity contribution >= 4 is 45.1 Å². The molecule has 0 fully saturated rings. The van der Waals surface area contributed by atoms with Crippen LogP contribution in [0.1, 0.15) is 11.1 Å². The van der Waals surface area contributed by atoms with E-state index in [0.29, 0.717) is 33.3 Å². The zero-order valence-corrected chi connectivity index (χ0v) is 16.2. The molecular formula is C17H11BrCl2N2O4. The molecule has 9 heteroatoms. The van der Waals surface area contributed by atoms with E-state index in [2.05, 4.69) is 26.1 Å². The van der Waals surface area contributed by atoms with Crippen LogP contribution >= 0.6 is 39.1 Å². The van der Waals surface area contributed by atoms with Gasteiger partial charge in [-0.2, -0.15) is 4.98 Å². The molecule has 0 spiro atoms. The summed E-state index contributed by atoms with van der Waals surface area (Å²) in [6, 6.07) is 8.62. The van der Waals surface area contributed by atoms with Crippen LogP contribution in [-0.4, -0.2) is 27.8 Å². The number of aromatic nitrogens is 2. The van der Waals surface area contributed by atoms with Crippen LogP contribution in [0.15, 0.2) is 45.7 Å². The highest BCUT2D eigenvalue weighted by Gasteiger charge is 2.22. The van der Waals surface area contributed by atoms with Gasteiger partial charge in [-0.05, 0) is 35.4 Å². The quantitative estimate of drug-likeness (QED) is 0.568. The number of nitrogens with zero attached hydrogens (tertiary/aromatic N) is 2. The number of hydrogen-bond donors (Lipinski definition) is 1. The SMILES string of the molecule is O=C(O)COc1ccc(Br)c(Cc2c(Cl)cccc2Cl)c1-c1ncno1. The fourth-order valence-electron chi connectivity index (χ4n) is 2.43. The highest BCUT2D eigenvalue weighted by Crippen LogP contribution is 2.39. The molecule has 2 aromatic carbocycles. The van der Waals surface area contributed by atoms with Crippen LogP contribution in [-0.2, 0) is 11.2 Å². The summed E-state index contributed by atoms with van der Waals surface area (Å²) in [7, 11) is 0. The van der Waals surface area contributed by atoms with E-state index in [0.717, 1.165) is 10.0 Å². The first kappa shape index (κ1) is 18.7. The highest BCUT2D eigenvalue weighted by atomic mass is 79.9. The average Bonchev–Trinajstić information content (AvgIpc) is 3.12. The Bertz CT molecular complexity index is 928. The normalized spacial score (nSPS) is 10.7. The summed E-state index contributed by atoms with van der Waals surface area (Å²) < 4.78 is 11.3. The van der Waals surface area contributed by atoms with E-state index in [4.69, 9.17) is 37.6 Å². The summed E-state index contributed by atoms with van der Waals surface area (Å²) in [4.78, 5) is 15.0. The first-order chi connectivity index (χ1) is 12.5. The van der Waals surface area contributed by atoms with Gasteiger partial charge in [0, 0.05) is 20.9 Å². The van der Waals surface area contributed by atoms with Gasteiger partial charge < -0.3 is 14.4 Å². The molecule has 6 nitrogen and oxygen atoms in total. The molecule has 3 aromatic rings. The zero-order chi connectivity index (χ0) is 18.7. The van der Waals surface area contributed by atoms with Crippen LogP contribution < -0.4 is 4.74 Å². The number of rotatable bonds is 6. The predicted octanol–water partition coefficient (Wildman–Crippen LogP) is 4.86. The van der Waals surface area contributed by atoms with Crippen LogP contribution in [0.3, 0.4) is 0 Å². The first-order valence-corrected chi connectivity index (χ1v) is 8.88. The Hall–Kier alpha value is -2.09. The van der Waals surface area contributed by atoms with E-state index in [1.54, 1.807) is 30.3 Å². The number of ether oxygens (including phenoxy) is 1. The minimum absolute atomic E-state index is 0.199. The molecule has 1 heterocycles. The van der Waals surface area contributed by atoms with Gasteiger partial charge in [-0.25, -0.2) is 4.79 Å². The lowest BCUT2D eigenvalue weighted by Gasteiger charge is -2.15. The Kier molecular flexibility index (Phi) is 5.80. The topological polar surface area (TPSA) is 85.5 Å². The third kappa shape index (κ3) is 4.00. The molecule has 1 aromatic heterocycles. The minimum atomic E-state index is -1.10. The molecule has 3 rings (SSSR count). The molecule has 26 heavy (non-hydrogen) atoms. The number of benzene rings is 2. The van der Waals surface area contributed by atoms with E-state index in [1.807, 2.05) is 0 Å². The molecule has 0 saturated heterocycles. The summed E-state index contributed by atoms with van der Waals surface area (Å²) in [6.45, 7) is -0.505. The maximum Gasteiger partial charge on any atom is 0.341 e. The molecule has 0 aliphatic rings. The number of halogens is 3. The second kappa shape index (κ2) is 8.07. The van der Waals surface area contributed by atoms with Crippen molar-refractivity contribution in [2.24, 2.45) is 0 Å². The van der Waals surface area contributed by atoms with E-state index in [-0.39, 0.29) is 5.89 Å². The number of carboxylic acid groups (broad SMARTS) is 1. The van der Waals surface area contributed by atoms with Crippen molar-refractivity contribution in [3.8, 4) is 17.2 Å². The summed E-state index contributed by atoms with van der Waals surface area (Å²) in [5.74, 6) is -0.594. The average molecular weight is 458 g/mol. The Morgan fingerprint density at radius 1 is 1.19 bits per heavy atom. The largest absolute Gasteiger partial charge is 0.481 e. The molecule has 0 bridgehead atoms. The van der Waals surface area contributed by atoms with Crippen LogP contribution in [0.5, 0.6) is 5.75 Å². The van der Waals surface area contributed by atoms with Gasteiger partial charge >= 0.3 is 5.97 Å². The molecular weight excluding hydrogens is 447 g/mol. The molecule has 0 aliphatic carbocycles. The highest BCUT2D eigenvalue weighted by molar-refractivity contribution is 9.10. The lowest BCUT2D eigenvalue weighted by atomic mass is 9.98. The maximum absolute atomic E-state index is 10.9. The van der Waals surface area contributed by atoms with Gasteiger partial charge in [-0.1, -0.05) is 50.4 Å². The summed E-state index contributed by atoms with van der Waals surface area (Å²) in [5, 5.41) is 13.6. The molecule has 0 amide bonds. The van der Waals surface area contributed by atoms with Crippen molar-refractivity contribution in [1.82, 2.24) is 10.1 Å². The lowest BCUT2D eigenvalue weighted by molar-refractivity contribution is -0.139. The lowest BCUT2D eigenvalue weighted by Crippen LogP contribution is -2.11. The van der Waals surface area contributed by atoms with E-state index in [1.165, 1.54) is 6.33 Å². The van der Waals surface area contributed by atoms with E-state index in [9.17, 15) is 4.79 Å².